The maximum Gasteiger partial charge on any atom is 0.573 e. The van der Waals surface area contributed by atoms with Gasteiger partial charge in [-0.1, -0.05) is 63.3 Å². The Balaban J connectivity index is 1.43. The summed E-state index contributed by atoms with van der Waals surface area (Å²) in [6.45, 7) is 2.26. The van der Waals surface area contributed by atoms with Gasteiger partial charge < -0.3 is 4.74 Å². The number of hydrogen-bond acceptors (Lipinski definition) is 1. The topological polar surface area (TPSA) is 9.23 Å². The van der Waals surface area contributed by atoms with Gasteiger partial charge in [-0.05, 0) is 72.8 Å². The number of ether oxygens (including phenoxy) is 1. The van der Waals surface area contributed by atoms with Crippen LogP contribution in [0.3, 0.4) is 0 Å². The van der Waals surface area contributed by atoms with E-state index >= 15 is 0 Å². The maximum atomic E-state index is 14.5. The molecule has 2 aromatic rings. The molecule has 2 aliphatic carbocycles. The van der Waals surface area contributed by atoms with Gasteiger partial charge in [-0.2, -0.15) is 0 Å². The molecule has 0 saturated heterocycles. The van der Waals surface area contributed by atoms with Gasteiger partial charge in [-0.25, -0.2) is 4.39 Å². The first kappa shape index (κ1) is 22.4. The number of fused-ring (bicyclic) bond motifs is 2. The standard InChI is InChI=1S/C26H32F4O/c1-2-3-4-5-17-6-7-19-15-20(9-8-18(19)14-17)21-10-12-23-22(16-21)11-13-24(25(23)27)31-26(28,29)30/h10-13,16-20H,2-9,14-15H2,1H3/t17-,18?,19-,20?/m1/s1. The van der Waals surface area contributed by atoms with E-state index < -0.39 is 17.9 Å². The highest BCUT2D eigenvalue weighted by Crippen LogP contribution is 2.48. The SMILES string of the molecule is CCCCC[C@@H]1CC[C@@H]2CC(c3ccc4c(F)c(OC(F)(F)F)ccc4c3)CCC2C1. The fourth-order valence-electron chi connectivity index (χ4n) is 5.98. The van der Waals surface area contributed by atoms with Gasteiger partial charge in [-0.3, -0.25) is 0 Å². The predicted octanol–water partition coefficient (Wildman–Crippen LogP) is 8.76. The summed E-state index contributed by atoms with van der Waals surface area (Å²) in [6.07, 6.45) is 8.11. The van der Waals surface area contributed by atoms with E-state index in [9.17, 15) is 17.6 Å². The Kier molecular flexibility index (Phi) is 6.78. The fraction of sp³-hybridized carbons (Fsp3) is 0.615. The van der Waals surface area contributed by atoms with Crippen molar-refractivity contribution in [1.82, 2.24) is 0 Å². The first-order valence-corrected chi connectivity index (χ1v) is 11.8. The second-order valence-electron chi connectivity index (χ2n) is 9.61. The van der Waals surface area contributed by atoms with Crippen molar-refractivity contribution in [3.63, 3.8) is 0 Å². The molecule has 2 aliphatic rings. The summed E-state index contributed by atoms with van der Waals surface area (Å²) in [5.41, 5.74) is 1.18. The average Bonchev–Trinajstić information content (AvgIpc) is 2.74. The van der Waals surface area contributed by atoms with E-state index in [1.807, 2.05) is 12.1 Å². The molecule has 2 fully saturated rings. The summed E-state index contributed by atoms with van der Waals surface area (Å²) in [4.78, 5) is 0. The van der Waals surface area contributed by atoms with Crippen molar-refractivity contribution in [3.05, 3.63) is 41.7 Å². The van der Waals surface area contributed by atoms with Gasteiger partial charge >= 0.3 is 6.36 Å². The van der Waals surface area contributed by atoms with Crippen LogP contribution in [0.15, 0.2) is 30.3 Å². The van der Waals surface area contributed by atoms with Gasteiger partial charge in [0, 0.05) is 5.39 Å². The smallest absolute Gasteiger partial charge is 0.403 e. The molecular formula is C26H32F4O. The van der Waals surface area contributed by atoms with Crippen molar-refractivity contribution in [2.24, 2.45) is 17.8 Å². The largest absolute Gasteiger partial charge is 0.573 e. The van der Waals surface area contributed by atoms with Crippen LogP contribution in [0.5, 0.6) is 5.75 Å². The molecule has 2 saturated carbocycles. The number of unbranched alkanes of at least 4 members (excludes halogenated alkanes) is 2. The van der Waals surface area contributed by atoms with Gasteiger partial charge in [-0.15, -0.1) is 13.2 Å². The fourth-order valence-corrected chi connectivity index (χ4v) is 5.98. The van der Waals surface area contributed by atoms with Crippen LogP contribution in [0.4, 0.5) is 17.6 Å². The van der Waals surface area contributed by atoms with Gasteiger partial charge in [0.15, 0.2) is 11.6 Å². The Morgan fingerprint density at radius 1 is 0.935 bits per heavy atom. The van der Waals surface area contributed by atoms with Crippen LogP contribution in [-0.4, -0.2) is 6.36 Å². The van der Waals surface area contributed by atoms with Gasteiger partial charge in [0.1, 0.15) is 0 Å². The molecule has 5 heteroatoms. The van der Waals surface area contributed by atoms with Crippen LogP contribution in [0.1, 0.15) is 82.6 Å². The van der Waals surface area contributed by atoms with Crippen LogP contribution >= 0.6 is 0 Å². The first-order valence-electron chi connectivity index (χ1n) is 11.8. The quantitative estimate of drug-likeness (QED) is 0.325. The van der Waals surface area contributed by atoms with Crippen LogP contribution in [0.25, 0.3) is 10.8 Å². The maximum absolute atomic E-state index is 14.5. The molecule has 0 bridgehead atoms. The van der Waals surface area contributed by atoms with E-state index in [0.29, 0.717) is 11.3 Å². The van der Waals surface area contributed by atoms with E-state index in [1.54, 1.807) is 6.07 Å². The van der Waals surface area contributed by atoms with E-state index in [2.05, 4.69) is 11.7 Å². The normalized spacial score (nSPS) is 26.6. The molecule has 0 aliphatic heterocycles. The highest BCUT2D eigenvalue weighted by molar-refractivity contribution is 5.85. The highest BCUT2D eigenvalue weighted by Gasteiger charge is 2.36. The molecular weight excluding hydrogens is 404 g/mol. The molecule has 1 nitrogen and oxygen atoms in total. The predicted molar refractivity (Wildman–Crippen MR) is 116 cm³/mol. The lowest BCUT2D eigenvalue weighted by atomic mass is 9.63. The molecule has 0 N–H and O–H groups in total. The molecule has 2 aromatic carbocycles. The van der Waals surface area contributed by atoms with E-state index in [1.165, 1.54) is 69.4 Å². The lowest BCUT2D eigenvalue weighted by Crippen LogP contribution is -2.30. The van der Waals surface area contributed by atoms with Crippen LogP contribution in [0, 0.1) is 23.6 Å². The number of rotatable bonds is 6. The monoisotopic (exact) mass is 436 g/mol. The molecule has 4 atom stereocenters. The minimum absolute atomic E-state index is 0.173. The minimum atomic E-state index is -4.90. The highest BCUT2D eigenvalue weighted by atomic mass is 19.4. The van der Waals surface area contributed by atoms with Crippen molar-refractivity contribution in [2.75, 3.05) is 0 Å². The first-order chi connectivity index (χ1) is 14.8. The summed E-state index contributed by atoms with van der Waals surface area (Å²) < 4.78 is 55.8. The summed E-state index contributed by atoms with van der Waals surface area (Å²) in [5, 5.41) is 0.804. The second-order valence-corrected chi connectivity index (χ2v) is 9.61. The Bertz CT molecular complexity index is 891. The zero-order chi connectivity index (χ0) is 22.0. The molecule has 0 amide bonds. The number of alkyl halides is 3. The van der Waals surface area contributed by atoms with Crippen LogP contribution in [-0.2, 0) is 0 Å². The lowest BCUT2D eigenvalue weighted by molar-refractivity contribution is -0.275. The third-order valence-electron chi connectivity index (χ3n) is 7.58. The van der Waals surface area contributed by atoms with E-state index in [0.717, 1.165) is 30.2 Å². The van der Waals surface area contributed by atoms with E-state index in [-0.39, 0.29) is 5.39 Å². The Hall–Kier alpha value is -1.78. The zero-order valence-corrected chi connectivity index (χ0v) is 18.2. The third-order valence-corrected chi connectivity index (χ3v) is 7.58. The van der Waals surface area contributed by atoms with Gasteiger partial charge in [0.25, 0.3) is 0 Å². The molecule has 0 heterocycles. The Morgan fingerprint density at radius 2 is 1.71 bits per heavy atom. The summed E-state index contributed by atoms with van der Waals surface area (Å²) in [6, 6.07) is 8.06. The number of hydrogen-bond donors (Lipinski definition) is 0. The summed E-state index contributed by atoms with van der Waals surface area (Å²) in [7, 11) is 0. The van der Waals surface area contributed by atoms with Crippen molar-refractivity contribution < 1.29 is 22.3 Å². The molecule has 0 spiro atoms. The van der Waals surface area contributed by atoms with Crippen molar-refractivity contribution in [1.29, 1.82) is 0 Å². The van der Waals surface area contributed by atoms with Crippen molar-refractivity contribution in [3.8, 4) is 5.75 Å². The van der Waals surface area contributed by atoms with Gasteiger partial charge in [0.05, 0.1) is 0 Å². The molecule has 0 radical (unpaired) electrons. The Morgan fingerprint density at radius 3 is 2.48 bits per heavy atom. The zero-order valence-electron chi connectivity index (χ0n) is 18.2. The minimum Gasteiger partial charge on any atom is -0.403 e. The Labute approximate surface area is 182 Å². The van der Waals surface area contributed by atoms with Crippen LogP contribution < -0.4 is 4.74 Å². The molecule has 4 rings (SSSR count). The number of halogens is 4. The molecule has 170 valence electrons. The van der Waals surface area contributed by atoms with Crippen LogP contribution in [0.2, 0.25) is 0 Å². The molecule has 0 aromatic heterocycles. The van der Waals surface area contributed by atoms with Crippen molar-refractivity contribution in [2.45, 2.75) is 83.4 Å². The summed E-state index contributed by atoms with van der Waals surface area (Å²) >= 11 is 0. The lowest BCUT2D eigenvalue weighted by Gasteiger charge is -2.42. The molecule has 2 unspecified atom stereocenters. The van der Waals surface area contributed by atoms with Crippen molar-refractivity contribution >= 4 is 10.8 Å². The number of benzene rings is 2. The van der Waals surface area contributed by atoms with Gasteiger partial charge in [0.2, 0.25) is 0 Å². The average molecular weight is 437 g/mol. The third kappa shape index (κ3) is 5.35. The molecule has 31 heavy (non-hydrogen) atoms. The van der Waals surface area contributed by atoms with E-state index in [4.69, 9.17) is 0 Å². The second kappa shape index (κ2) is 9.38. The summed E-state index contributed by atoms with van der Waals surface area (Å²) in [5.74, 6) is 1.25.